The number of anilines is 1. The maximum absolute atomic E-state index is 12.3. The lowest BCUT2D eigenvalue weighted by Crippen LogP contribution is -2.45. The fourth-order valence-corrected chi connectivity index (χ4v) is 7.61. The minimum absolute atomic E-state index is 0.104. The zero-order valence-corrected chi connectivity index (χ0v) is 24.7. The van der Waals surface area contributed by atoms with E-state index >= 15 is 0 Å². The monoisotopic (exact) mass is 595 g/mol. The average molecular weight is 596 g/mol. The molecule has 2 aromatic carbocycles. The number of aromatic amines is 1. The first-order valence-electron chi connectivity index (χ1n) is 13.2. The Morgan fingerprint density at radius 1 is 1.18 bits per heavy atom. The fraction of sp³-hybridized carbons (Fsp3) is 0.393. The molecular formula is C28H30ClN7O2S2. The molecule has 0 saturated carbocycles. The summed E-state index contributed by atoms with van der Waals surface area (Å²) in [5.74, 6) is 1.05. The van der Waals surface area contributed by atoms with Crippen molar-refractivity contribution in [2.75, 3.05) is 18.0 Å². The second-order valence-corrected chi connectivity index (χ2v) is 14.3. The van der Waals surface area contributed by atoms with Crippen molar-refractivity contribution in [1.82, 2.24) is 25.1 Å². The highest BCUT2D eigenvalue weighted by Crippen LogP contribution is 2.56. The van der Waals surface area contributed by atoms with E-state index in [9.17, 15) is 9.00 Å². The normalized spacial score (nSPS) is 19.2. The number of rotatable bonds is 6. The summed E-state index contributed by atoms with van der Waals surface area (Å²) in [5.41, 5.74) is 3.12. The smallest absolute Gasteiger partial charge is 0.260 e. The molecule has 3 N–H and O–H groups in total. The van der Waals surface area contributed by atoms with Gasteiger partial charge in [0.25, 0.3) is 5.56 Å². The summed E-state index contributed by atoms with van der Waals surface area (Å²) in [6.45, 7) is 5.69. The molecule has 12 heteroatoms. The summed E-state index contributed by atoms with van der Waals surface area (Å²) >= 11 is 7.78. The van der Waals surface area contributed by atoms with E-state index in [1.165, 1.54) is 29.2 Å². The Bertz CT molecular complexity index is 1650. The summed E-state index contributed by atoms with van der Waals surface area (Å²) in [7, 11) is -1.40. The Hall–Kier alpha value is -2.86. The number of fused-ring (bicyclic) bond motifs is 2. The van der Waals surface area contributed by atoms with Gasteiger partial charge in [0, 0.05) is 18.0 Å². The zero-order valence-electron chi connectivity index (χ0n) is 22.3. The van der Waals surface area contributed by atoms with E-state index in [-0.39, 0.29) is 11.0 Å². The molecular weight excluding hydrogens is 566 g/mol. The van der Waals surface area contributed by atoms with E-state index in [0.717, 1.165) is 44.6 Å². The highest BCUT2D eigenvalue weighted by molar-refractivity contribution is 7.99. The fourth-order valence-electron chi connectivity index (χ4n) is 6.20. The number of nitrogens with zero attached hydrogens (tertiary/aromatic N) is 5. The Morgan fingerprint density at radius 3 is 2.67 bits per heavy atom. The lowest BCUT2D eigenvalue weighted by molar-refractivity contribution is 0.170. The molecule has 3 heterocycles. The van der Waals surface area contributed by atoms with Crippen LogP contribution in [0.3, 0.4) is 0 Å². The van der Waals surface area contributed by atoms with E-state index in [0.29, 0.717) is 31.9 Å². The Labute approximate surface area is 243 Å². The minimum atomic E-state index is -1.40. The molecule has 4 aromatic rings. The molecule has 1 fully saturated rings. The molecule has 2 aliphatic rings. The molecule has 0 radical (unpaired) electrons. The number of hydrogen-bond acceptors (Lipinski definition) is 8. The Morgan fingerprint density at radius 2 is 1.95 bits per heavy atom. The SMILES string of the molecule is CC(C)(C[C@@H]1c2ccccc2CC12CCN(c1cnc(Sc3ccc4nc[nH]c(=O)c4c3Cl)nn1)CC2)S(N)=O. The molecule has 1 saturated heterocycles. The van der Waals surface area contributed by atoms with Crippen LogP contribution in [0.1, 0.15) is 50.2 Å². The quantitative estimate of drug-likeness (QED) is 0.330. The maximum atomic E-state index is 12.3. The predicted molar refractivity (Wildman–Crippen MR) is 159 cm³/mol. The van der Waals surface area contributed by atoms with Gasteiger partial charge in [-0.05, 0) is 85.9 Å². The van der Waals surface area contributed by atoms with Crippen LogP contribution in [0.4, 0.5) is 5.82 Å². The predicted octanol–water partition coefficient (Wildman–Crippen LogP) is 4.63. The van der Waals surface area contributed by atoms with Gasteiger partial charge in [-0.1, -0.05) is 35.9 Å². The second-order valence-electron chi connectivity index (χ2n) is 11.2. The van der Waals surface area contributed by atoms with Crippen LogP contribution in [0.15, 0.2) is 63.8 Å². The highest BCUT2D eigenvalue weighted by atomic mass is 35.5. The Kier molecular flexibility index (Phi) is 7.18. The first kappa shape index (κ1) is 27.3. The molecule has 2 atom stereocenters. The number of aromatic nitrogens is 5. The number of piperidine rings is 1. The number of hydrogen-bond donors (Lipinski definition) is 2. The highest BCUT2D eigenvalue weighted by Gasteiger charge is 2.49. The van der Waals surface area contributed by atoms with Gasteiger partial charge < -0.3 is 9.88 Å². The van der Waals surface area contributed by atoms with Crippen LogP contribution in [-0.2, 0) is 17.4 Å². The van der Waals surface area contributed by atoms with Gasteiger partial charge in [-0.2, -0.15) is 0 Å². The van der Waals surface area contributed by atoms with Crippen LogP contribution in [0.5, 0.6) is 0 Å². The third-order valence-corrected chi connectivity index (χ3v) is 11.2. The summed E-state index contributed by atoms with van der Waals surface area (Å²) in [6, 6.07) is 12.2. The third-order valence-electron chi connectivity index (χ3n) is 8.48. The van der Waals surface area contributed by atoms with Crippen molar-refractivity contribution in [3.63, 3.8) is 0 Å². The lowest BCUT2D eigenvalue weighted by atomic mass is 9.67. The van der Waals surface area contributed by atoms with Crippen LogP contribution in [0.2, 0.25) is 5.02 Å². The summed E-state index contributed by atoms with van der Waals surface area (Å²) in [5, 5.41) is 15.8. The van der Waals surface area contributed by atoms with Crippen molar-refractivity contribution in [1.29, 1.82) is 0 Å². The molecule has 2 aromatic heterocycles. The minimum Gasteiger partial charge on any atom is -0.354 e. The summed E-state index contributed by atoms with van der Waals surface area (Å²) in [4.78, 5) is 26.4. The molecule has 208 valence electrons. The standard InChI is InChI=1S/C28H30ClN7O2S2/c1-27(2,40(30)38)14-19-18-6-4-3-5-17(18)13-28(19)9-11-36(12-10-28)22-15-31-26(35-34-22)39-21-8-7-20-23(24(21)29)25(37)33-16-32-20/h3-8,15-16,19H,9-14,30H2,1-2H3,(H,32,33,37)/t19-,40?/m1/s1. The van der Waals surface area contributed by atoms with Gasteiger partial charge in [-0.25, -0.2) is 14.2 Å². The van der Waals surface area contributed by atoms with E-state index < -0.39 is 15.7 Å². The van der Waals surface area contributed by atoms with Crippen molar-refractivity contribution >= 4 is 51.1 Å². The average Bonchev–Trinajstić information content (AvgIpc) is 3.23. The van der Waals surface area contributed by atoms with E-state index in [2.05, 4.69) is 54.3 Å². The van der Waals surface area contributed by atoms with Crippen LogP contribution in [0, 0.1) is 5.41 Å². The molecule has 40 heavy (non-hydrogen) atoms. The van der Waals surface area contributed by atoms with Crippen molar-refractivity contribution in [2.24, 2.45) is 10.6 Å². The lowest BCUT2D eigenvalue weighted by Gasteiger charge is -2.45. The second kappa shape index (κ2) is 10.5. The number of H-pyrrole nitrogens is 1. The molecule has 1 spiro atoms. The number of halogens is 1. The zero-order chi connectivity index (χ0) is 28.1. The summed E-state index contributed by atoms with van der Waals surface area (Å²) in [6.07, 6.45) is 6.91. The number of benzene rings is 2. The third kappa shape index (κ3) is 4.93. The maximum Gasteiger partial charge on any atom is 0.260 e. The largest absolute Gasteiger partial charge is 0.354 e. The topological polar surface area (TPSA) is 131 Å². The molecule has 9 nitrogen and oxygen atoms in total. The number of nitrogens with two attached hydrogens (primary N) is 1. The molecule has 6 rings (SSSR count). The Balaban J connectivity index is 1.17. The van der Waals surface area contributed by atoms with Gasteiger partial charge >= 0.3 is 0 Å². The van der Waals surface area contributed by atoms with Gasteiger partial charge in [0.2, 0.25) is 5.16 Å². The molecule has 1 aliphatic carbocycles. The van der Waals surface area contributed by atoms with Crippen molar-refractivity contribution in [3.05, 3.63) is 75.4 Å². The van der Waals surface area contributed by atoms with E-state index in [1.54, 1.807) is 18.3 Å². The van der Waals surface area contributed by atoms with Gasteiger partial charge in [0.05, 0.1) is 44.2 Å². The number of nitrogens with one attached hydrogen (secondary N) is 1. The summed E-state index contributed by atoms with van der Waals surface area (Å²) < 4.78 is 11.9. The van der Waals surface area contributed by atoms with Gasteiger partial charge in [0.1, 0.15) is 0 Å². The van der Waals surface area contributed by atoms with E-state index in [4.69, 9.17) is 16.7 Å². The first-order chi connectivity index (χ1) is 19.2. The van der Waals surface area contributed by atoms with Crippen LogP contribution < -0.4 is 15.6 Å². The molecule has 1 unspecified atom stereocenters. The van der Waals surface area contributed by atoms with Gasteiger partial charge in [0.15, 0.2) is 5.82 Å². The van der Waals surface area contributed by atoms with Crippen LogP contribution in [-0.4, -0.2) is 47.2 Å². The first-order valence-corrected chi connectivity index (χ1v) is 15.6. The van der Waals surface area contributed by atoms with Gasteiger partial charge in [-0.3, -0.25) is 9.93 Å². The molecule has 1 aliphatic heterocycles. The van der Waals surface area contributed by atoms with Crippen molar-refractivity contribution < 1.29 is 4.21 Å². The van der Waals surface area contributed by atoms with Crippen LogP contribution >= 0.6 is 23.4 Å². The van der Waals surface area contributed by atoms with Gasteiger partial charge in [-0.15, -0.1) is 10.2 Å². The molecule has 0 amide bonds. The van der Waals surface area contributed by atoms with Crippen molar-refractivity contribution in [2.45, 2.75) is 60.2 Å². The van der Waals surface area contributed by atoms with Crippen molar-refractivity contribution in [3.8, 4) is 0 Å². The van der Waals surface area contributed by atoms with E-state index in [1.807, 2.05) is 13.8 Å². The molecule has 0 bridgehead atoms. The van der Waals surface area contributed by atoms with Crippen LogP contribution in [0.25, 0.3) is 10.9 Å².